The predicted molar refractivity (Wildman–Crippen MR) is 69.5 cm³/mol. The van der Waals surface area contributed by atoms with Crippen LogP contribution in [0.3, 0.4) is 0 Å². The van der Waals surface area contributed by atoms with Crippen LogP contribution in [0.5, 0.6) is 0 Å². The fourth-order valence-corrected chi connectivity index (χ4v) is 3.22. The van der Waals surface area contributed by atoms with Crippen molar-refractivity contribution in [2.45, 2.75) is 57.0 Å². The summed E-state index contributed by atoms with van der Waals surface area (Å²) in [5, 5.41) is 0. The fourth-order valence-electron chi connectivity index (χ4n) is 3.22. The number of ether oxygens (including phenoxy) is 2. The normalized spacial score (nSPS) is 40.5. The van der Waals surface area contributed by atoms with Gasteiger partial charge >= 0.3 is 0 Å². The minimum atomic E-state index is 0.284. The molecule has 0 aromatic rings. The Balaban J connectivity index is 1.63. The Hall–Kier alpha value is -0.810. The van der Waals surface area contributed by atoms with Gasteiger partial charge in [-0.1, -0.05) is 0 Å². The Morgan fingerprint density at radius 3 is 2.94 bits per heavy atom. The number of hydrogen-bond acceptors (Lipinski definition) is 5. The Bertz CT molecular complexity index is 328. The van der Waals surface area contributed by atoms with E-state index in [0.29, 0.717) is 24.2 Å². The molecule has 5 heteroatoms. The molecule has 3 heterocycles. The van der Waals surface area contributed by atoms with E-state index in [9.17, 15) is 0 Å². The van der Waals surface area contributed by atoms with Crippen LogP contribution in [0.15, 0.2) is 4.99 Å². The molecular weight excluding hydrogens is 230 g/mol. The highest BCUT2D eigenvalue weighted by atomic mass is 16.5. The third-order valence-electron chi connectivity index (χ3n) is 4.25. The lowest BCUT2D eigenvalue weighted by Crippen LogP contribution is -2.49. The monoisotopic (exact) mass is 253 g/mol. The van der Waals surface area contributed by atoms with Gasteiger partial charge in [-0.3, -0.25) is 4.99 Å². The van der Waals surface area contributed by atoms with Crippen LogP contribution in [-0.2, 0) is 9.47 Å². The van der Waals surface area contributed by atoms with E-state index in [1.807, 2.05) is 0 Å². The zero-order chi connectivity index (χ0) is 12.5. The molecule has 0 saturated carbocycles. The molecule has 3 aliphatic rings. The van der Waals surface area contributed by atoms with Crippen molar-refractivity contribution in [3.8, 4) is 0 Å². The van der Waals surface area contributed by atoms with E-state index in [4.69, 9.17) is 15.2 Å². The van der Waals surface area contributed by atoms with Crippen LogP contribution in [0.25, 0.3) is 0 Å². The number of aliphatic imine (C=N–C) groups is 1. The van der Waals surface area contributed by atoms with Crippen LogP contribution in [0.2, 0.25) is 0 Å². The van der Waals surface area contributed by atoms with E-state index in [0.717, 1.165) is 45.4 Å². The van der Waals surface area contributed by atoms with Crippen molar-refractivity contribution in [2.24, 2.45) is 10.7 Å². The van der Waals surface area contributed by atoms with Gasteiger partial charge in [0.1, 0.15) is 0 Å². The Morgan fingerprint density at radius 2 is 2.28 bits per heavy atom. The van der Waals surface area contributed by atoms with Gasteiger partial charge in [0, 0.05) is 13.2 Å². The van der Waals surface area contributed by atoms with Crippen LogP contribution in [-0.4, -0.2) is 54.9 Å². The van der Waals surface area contributed by atoms with E-state index in [2.05, 4.69) is 16.8 Å². The van der Waals surface area contributed by atoms with Gasteiger partial charge in [-0.25, -0.2) is 0 Å². The van der Waals surface area contributed by atoms with Crippen LogP contribution >= 0.6 is 0 Å². The molecule has 18 heavy (non-hydrogen) atoms. The minimum absolute atomic E-state index is 0.284. The maximum absolute atomic E-state index is 6.01. The van der Waals surface area contributed by atoms with Gasteiger partial charge in [0.2, 0.25) is 0 Å². The standard InChI is InChI=1S/C13H23N3O2/c1-9-4-5-12(18-9)11-7-15-13(14)16(11)8-10-3-2-6-17-10/h9-12H,2-8H2,1H3,(H2,14,15). The summed E-state index contributed by atoms with van der Waals surface area (Å²) in [6, 6.07) is 0.319. The first-order valence-electron chi connectivity index (χ1n) is 7.07. The van der Waals surface area contributed by atoms with Gasteiger partial charge in [0.15, 0.2) is 5.96 Å². The topological polar surface area (TPSA) is 60.1 Å². The number of rotatable bonds is 3. The molecule has 2 saturated heterocycles. The first-order valence-corrected chi connectivity index (χ1v) is 7.07. The molecule has 3 rings (SSSR count). The first-order chi connectivity index (χ1) is 8.74. The van der Waals surface area contributed by atoms with Crippen molar-refractivity contribution < 1.29 is 9.47 Å². The largest absolute Gasteiger partial charge is 0.376 e. The SMILES string of the molecule is CC1CCC(C2CN=C(N)N2CC2CCCO2)O1. The second-order valence-corrected chi connectivity index (χ2v) is 5.62. The third kappa shape index (κ3) is 2.34. The Kier molecular flexibility index (Phi) is 3.43. The van der Waals surface area contributed by atoms with Crippen LogP contribution in [0, 0.1) is 0 Å². The molecule has 4 atom stereocenters. The lowest BCUT2D eigenvalue weighted by Gasteiger charge is -2.32. The van der Waals surface area contributed by atoms with Gasteiger partial charge in [-0.2, -0.15) is 0 Å². The molecule has 0 radical (unpaired) electrons. The van der Waals surface area contributed by atoms with Crippen LogP contribution in [0.4, 0.5) is 0 Å². The molecule has 102 valence electrons. The zero-order valence-electron chi connectivity index (χ0n) is 11.0. The van der Waals surface area contributed by atoms with Gasteiger partial charge in [-0.15, -0.1) is 0 Å². The lowest BCUT2D eigenvalue weighted by molar-refractivity contribution is 0.00584. The summed E-state index contributed by atoms with van der Waals surface area (Å²) in [5.74, 6) is 0.665. The molecule has 5 nitrogen and oxygen atoms in total. The summed E-state index contributed by atoms with van der Waals surface area (Å²) in [4.78, 5) is 6.60. The third-order valence-corrected chi connectivity index (χ3v) is 4.25. The molecule has 4 unspecified atom stereocenters. The summed E-state index contributed by atoms with van der Waals surface area (Å²) in [5.41, 5.74) is 6.01. The van der Waals surface area contributed by atoms with Gasteiger partial charge in [0.05, 0.1) is 30.9 Å². The second-order valence-electron chi connectivity index (χ2n) is 5.62. The summed E-state index contributed by atoms with van der Waals surface area (Å²) >= 11 is 0. The van der Waals surface area contributed by atoms with E-state index in [1.54, 1.807) is 0 Å². The number of hydrogen-bond donors (Lipinski definition) is 1. The molecule has 0 spiro atoms. The number of nitrogens with zero attached hydrogens (tertiary/aromatic N) is 2. The van der Waals surface area contributed by atoms with Crippen molar-refractivity contribution in [1.82, 2.24) is 4.90 Å². The summed E-state index contributed by atoms with van der Waals surface area (Å²) in [6.07, 6.45) is 5.55. The van der Waals surface area contributed by atoms with Crippen molar-refractivity contribution >= 4 is 5.96 Å². The molecule has 3 aliphatic heterocycles. The van der Waals surface area contributed by atoms with Crippen molar-refractivity contribution in [3.05, 3.63) is 0 Å². The highest BCUT2D eigenvalue weighted by molar-refractivity contribution is 5.80. The smallest absolute Gasteiger partial charge is 0.191 e. The first kappa shape index (κ1) is 12.2. The van der Waals surface area contributed by atoms with E-state index in [-0.39, 0.29) is 6.10 Å². The van der Waals surface area contributed by atoms with E-state index in [1.165, 1.54) is 0 Å². The molecule has 0 aliphatic carbocycles. The van der Waals surface area contributed by atoms with Crippen molar-refractivity contribution in [3.63, 3.8) is 0 Å². The predicted octanol–water partition coefficient (Wildman–Crippen LogP) is 0.732. The summed E-state index contributed by atoms with van der Waals surface area (Å²) < 4.78 is 11.7. The van der Waals surface area contributed by atoms with Gasteiger partial charge in [0.25, 0.3) is 0 Å². The number of nitrogens with two attached hydrogens (primary N) is 1. The average Bonchev–Trinajstić information content (AvgIpc) is 3.04. The van der Waals surface area contributed by atoms with Crippen molar-refractivity contribution in [2.75, 3.05) is 19.7 Å². The second kappa shape index (κ2) is 5.05. The highest BCUT2D eigenvalue weighted by Crippen LogP contribution is 2.27. The lowest BCUT2D eigenvalue weighted by atomic mass is 10.1. The van der Waals surface area contributed by atoms with E-state index < -0.39 is 0 Å². The fraction of sp³-hybridized carbons (Fsp3) is 0.923. The Labute approximate surface area is 108 Å². The highest BCUT2D eigenvalue weighted by Gasteiger charge is 2.38. The molecule has 0 aromatic carbocycles. The molecule has 2 fully saturated rings. The van der Waals surface area contributed by atoms with Crippen molar-refractivity contribution in [1.29, 1.82) is 0 Å². The molecule has 0 aromatic heterocycles. The molecule has 0 bridgehead atoms. The molecule has 0 amide bonds. The minimum Gasteiger partial charge on any atom is -0.376 e. The van der Waals surface area contributed by atoms with Crippen LogP contribution < -0.4 is 5.73 Å². The Morgan fingerprint density at radius 1 is 1.39 bits per heavy atom. The summed E-state index contributed by atoms with van der Waals surface area (Å²) in [6.45, 7) is 4.67. The quantitative estimate of drug-likeness (QED) is 0.805. The maximum atomic E-state index is 6.01. The summed E-state index contributed by atoms with van der Waals surface area (Å²) in [7, 11) is 0. The van der Waals surface area contributed by atoms with Crippen LogP contribution in [0.1, 0.15) is 32.6 Å². The zero-order valence-corrected chi connectivity index (χ0v) is 11.0. The van der Waals surface area contributed by atoms with E-state index >= 15 is 0 Å². The molecular formula is C13H23N3O2. The maximum Gasteiger partial charge on any atom is 0.191 e. The number of guanidine groups is 1. The van der Waals surface area contributed by atoms with Gasteiger partial charge < -0.3 is 20.1 Å². The average molecular weight is 253 g/mol. The van der Waals surface area contributed by atoms with Gasteiger partial charge in [-0.05, 0) is 32.6 Å². The molecule has 2 N–H and O–H groups in total.